The molecule has 0 bridgehead atoms. The minimum Gasteiger partial charge on any atom is -0.399 e. The lowest BCUT2D eigenvalue weighted by molar-refractivity contribution is 1.66. The highest BCUT2D eigenvalue weighted by Crippen LogP contribution is 2.38. The average Bonchev–Trinajstić information content (AvgIpc) is 2.87. The van der Waals surface area contributed by atoms with Crippen LogP contribution >= 0.6 is 11.3 Å². The maximum absolute atomic E-state index is 5.77. The molecule has 94 valence electrons. The quantitative estimate of drug-likeness (QED) is 0.490. The zero-order chi connectivity index (χ0) is 13.5. The van der Waals surface area contributed by atoms with Crippen LogP contribution in [0.1, 0.15) is 0 Å². The zero-order valence-corrected chi connectivity index (χ0v) is 11.5. The molecule has 0 aliphatic carbocycles. The van der Waals surface area contributed by atoms with E-state index in [1.165, 1.54) is 25.9 Å². The summed E-state index contributed by atoms with van der Waals surface area (Å²) in [6, 6.07) is 24.8. The molecular weight excluding hydrogens is 262 g/mol. The molecule has 1 heterocycles. The Labute approximate surface area is 121 Å². The maximum atomic E-state index is 5.77. The van der Waals surface area contributed by atoms with Crippen molar-refractivity contribution in [2.24, 2.45) is 0 Å². The first-order valence-electron chi connectivity index (χ1n) is 6.42. The molecule has 1 nitrogen and oxygen atoms in total. The van der Waals surface area contributed by atoms with Crippen LogP contribution in [0.15, 0.2) is 54.6 Å². The molecule has 0 saturated heterocycles. The van der Waals surface area contributed by atoms with Crippen LogP contribution in [0.5, 0.6) is 0 Å². The number of nitrogens with two attached hydrogens (primary N) is 1. The summed E-state index contributed by atoms with van der Waals surface area (Å²) in [5.41, 5.74) is 8.91. The van der Waals surface area contributed by atoms with E-state index in [1.807, 2.05) is 18.2 Å². The first kappa shape index (κ1) is 11.3. The zero-order valence-electron chi connectivity index (χ0n) is 10.7. The monoisotopic (exact) mass is 273 g/mol. The molecule has 0 atom stereocenters. The van der Waals surface area contributed by atoms with Crippen molar-refractivity contribution in [3.05, 3.63) is 66.7 Å². The molecule has 0 fully saturated rings. The third kappa shape index (κ3) is 1.65. The number of anilines is 1. The van der Waals surface area contributed by atoms with Crippen LogP contribution < -0.4 is 5.73 Å². The number of hydrogen-bond donors (Lipinski definition) is 1. The van der Waals surface area contributed by atoms with Gasteiger partial charge in [0.25, 0.3) is 0 Å². The Morgan fingerprint density at radius 1 is 0.950 bits per heavy atom. The average molecular weight is 273 g/mol. The van der Waals surface area contributed by atoms with Gasteiger partial charge in [-0.3, -0.25) is 0 Å². The van der Waals surface area contributed by atoms with Crippen LogP contribution in [0.2, 0.25) is 0 Å². The van der Waals surface area contributed by atoms with Crippen LogP contribution in [0.25, 0.3) is 31.3 Å². The van der Waals surface area contributed by atoms with E-state index < -0.39 is 0 Å². The van der Waals surface area contributed by atoms with E-state index in [0.717, 1.165) is 11.1 Å². The topological polar surface area (TPSA) is 26.0 Å². The lowest BCUT2D eigenvalue weighted by Gasteiger charge is -2.02. The normalized spacial score (nSPS) is 10.8. The highest BCUT2D eigenvalue weighted by atomic mass is 32.1. The Bertz CT molecular complexity index is 904. The third-order valence-corrected chi connectivity index (χ3v) is 4.68. The smallest absolute Gasteiger partial charge is 0.0524 e. The number of rotatable bonds is 1. The number of nitrogen functional groups attached to an aromatic ring is 1. The van der Waals surface area contributed by atoms with Crippen LogP contribution in [0.3, 0.4) is 0 Å². The fraction of sp³-hybridized carbons (Fsp3) is 0. The number of hydrogen-bond acceptors (Lipinski definition) is 2. The summed E-state index contributed by atoms with van der Waals surface area (Å²) >= 11 is 1.80. The summed E-state index contributed by atoms with van der Waals surface area (Å²) in [5.74, 6) is 0. The summed E-state index contributed by atoms with van der Waals surface area (Å²) in [5, 5.41) is 2.40. The van der Waals surface area contributed by atoms with Crippen molar-refractivity contribution in [3.8, 4) is 11.1 Å². The fourth-order valence-corrected chi connectivity index (χ4v) is 3.68. The van der Waals surface area contributed by atoms with E-state index in [2.05, 4.69) is 48.5 Å². The summed E-state index contributed by atoms with van der Waals surface area (Å²) in [6.45, 7) is 0. The summed E-state index contributed by atoms with van der Waals surface area (Å²) < 4.78 is 2.55. The number of benzene rings is 2. The molecule has 0 aliphatic heterocycles. The molecule has 4 rings (SSSR count). The molecule has 4 aromatic rings. The Hall–Kier alpha value is -2.50. The van der Waals surface area contributed by atoms with Crippen molar-refractivity contribution >= 4 is 37.2 Å². The number of thiophene rings is 1. The Morgan fingerprint density at radius 3 is 2.60 bits per heavy atom. The molecule has 3 aromatic carbocycles. The van der Waals surface area contributed by atoms with Gasteiger partial charge in [0.1, 0.15) is 0 Å². The van der Waals surface area contributed by atoms with Crippen LogP contribution in [0, 0.1) is 12.1 Å². The van der Waals surface area contributed by atoms with Gasteiger partial charge >= 0.3 is 0 Å². The van der Waals surface area contributed by atoms with E-state index in [4.69, 9.17) is 5.73 Å². The van der Waals surface area contributed by atoms with Crippen molar-refractivity contribution < 1.29 is 0 Å². The van der Waals surface area contributed by atoms with Crippen molar-refractivity contribution in [1.82, 2.24) is 0 Å². The van der Waals surface area contributed by atoms with Crippen LogP contribution in [0.4, 0.5) is 5.69 Å². The van der Waals surface area contributed by atoms with Gasteiger partial charge < -0.3 is 5.73 Å². The SMILES string of the molecule is Nc1ccc(-c2cc#cc3c2sc2ccccc23)cc1. The molecule has 0 aliphatic rings. The largest absolute Gasteiger partial charge is 0.399 e. The molecular formula is C18H11NS. The van der Waals surface area contributed by atoms with Crippen molar-refractivity contribution in [2.45, 2.75) is 0 Å². The highest BCUT2D eigenvalue weighted by Gasteiger charge is 2.09. The molecule has 20 heavy (non-hydrogen) atoms. The Morgan fingerprint density at radius 2 is 1.75 bits per heavy atom. The number of fused-ring (bicyclic) bond motifs is 3. The summed E-state index contributed by atoms with van der Waals surface area (Å²) in [6.07, 6.45) is 0. The second-order valence-electron chi connectivity index (χ2n) is 4.75. The van der Waals surface area contributed by atoms with E-state index in [-0.39, 0.29) is 0 Å². The summed E-state index contributed by atoms with van der Waals surface area (Å²) in [7, 11) is 0. The second-order valence-corrected chi connectivity index (χ2v) is 5.80. The fourth-order valence-electron chi connectivity index (χ4n) is 2.48. The van der Waals surface area contributed by atoms with Crippen molar-refractivity contribution in [1.29, 1.82) is 0 Å². The van der Waals surface area contributed by atoms with Gasteiger partial charge in [-0.15, -0.1) is 11.3 Å². The highest BCUT2D eigenvalue weighted by molar-refractivity contribution is 7.26. The minimum atomic E-state index is 0.785. The summed E-state index contributed by atoms with van der Waals surface area (Å²) in [4.78, 5) is 0. The van der Waals surface area contributed by atoms with Crippen LogP contribution in [-0.2, 0) is 0 Å². The van der Waals surface area contributed by atoms with Crippen molar-refractivity contribution in [3.63, 3.8) is 0 Å². The molecule has 0 saturated carbocycles. The first-order chi connectivity index (χ1) is 9.83. The lowest BCUT2D eigenvalue weighted by atomic mass is 10.0. The molecule has 0 amide bonds. The predicted octanol–water partition coefficient (Wildman–Crippen LogP) is 4.90. The van der Waals surface area contributed by atoms with Gasteiger partial charge in [-0.2, -0.15) is 0 Å². The lowest BCUT2D eigenvalue weighted by Crippen LogP contribution is -1.83. The Balaban J connectivity index is 2.07. The molecule has 2 heteroatoms. The van der Waals surface area contributed by atoms with Gasteiger partial charge in [-0.05, 0) is 29.8 Å². The minimum absolute atomic E-state index is 0.785. The van der Waals surface area contributed by atoms with Crippen molar-refractivity contribution in [2.75, 3.05) is 5.73 Å². The van der Waals surface area contributed by atoms with E-state index in [1.54, 1.807) is 11.3 Å². The van der Waals surface area contributed by atoms with Gasteiger partial charge in [0.05, 0.1) is 10.1 Å². The van der Waals surface area contributed by atoms with Gasteiger partial charge in [0.15, 0.2) is 0 Å². The molecule has 1 aromatic heterocycles. The van der Waals surface area contributed by atoms with E-state index in [9.17, 15) is 0 Å². The predicted molar refractivity (Wildman–Crippen MR) is 86.9 cm³/mol. The van der Waals surface area contributed by atoms with Gasteiger partial charge in [0.2, 0.25) is 0 Å². The molecule has 2 N–H and O–H groups in total. The van der Waals surface area contributed by atoms with Gasteiger partial charge in [-0.25, -0.2) is 0 Å². The van der Waals surface area contributed by atoms with E-state index in [0.29, 0.717) is 0 Å². The van der Waals surface area contributed by atoms with Gasteiger partial charge in [0, 0.05) is 21.3 Å². The second kappa shape index (κ2) is 4.26. The first-order valence-corrected chi connectivity index (χ1v) is 7.24. The maximum Gasteiger partial charge on any atom is 0.0524 e. The van der Waals surface area contributed by atoms with Gasteiger partial charge in [-0.1, -0.05) is 42.5 Å². The molecule has 0 radical (unpaired) electrons. The van der Waals surface area contributed by atoms with E-state index >= 15 is 0 Å². The molecule has 0 unspecified atom stereocenters. The Kier molecular flexibility index (Phi) is 2.42. The standard InChI is InChI=1S/C18H11NS/c19-13-10-8-12(9-11-13)14-5-3-6-16-15-4-1-2-7-17(15)20-18(14)16/h1-2,4-5,7-11H,19H2. The van der Waals surface area contributed by atoms with Crippen LogP contribution in [-0.4, -0.2) is 0 Å². The third-order valence-electron chi connectivity index (χ3n) is 3.48. The molecule has 0 spiro atoms.